The first-order valence-corrected chi connectivity index (χ1v) is 6.49. The first kappa shape index (κ1) is 13.3. The molecule has 16 heavy (non-hydrogen) atoms. The molecule has 1 fully saturated rings. The molecule has 1 rings (SSSR count). The Morgan fingerprint density at radius 1 is 1.56 bits per heavy atom. The first-order chi connectivity index (χ1) is 7.42. The van der Waals surface area contributed by atoms with Gasteiger partial charge in [0.05, 0.1) is 0 Å². The quantitative estimate of drug-likeness (QED) is 0.621. The fourth-order valence-electron chi connectivity index (χ4n) is 1.44. The van der Waals surface area contributed by atoms with Crippen molar-refractivity contribution in [1.82, 2.24) is 10.6 Å². The van der Waals surface area contributed by atoms with Gasteiger partial charge < -0.3 is 16.4 Å². The van der Waals surface area contributed by atoms with Gasteiger partial charge in [-0.1, -0.05) is 0 Å². The summed E-state index contributed by atoms with van der Waals surface area (Å²) >= 11 is 1.84. The average Bonchev–Trinajstić information content (AvgIpc) is 2.17. The molecule has 0 aromatic heterocycles. The molecule has 2 amide bonds. The van der Waals surface area contributed by atoms with E-state index in [1.54, 1.807) is 13.8 Å². The summed E-state index contributed by atoms with van der Waals surface area (Å²) in [6.45, 7) is 4.15. The lowest BCUT2D eigenvalue weighted by Gasteiger charge is -2.26. The van der Waals surface area contributed by atoms with Crippen LogP contribution < -0.4 is 16.4 Å². The first-order valence-electron chi connectivity index (χ1n) is 5.34. The van der Waals surface area contributed by atoms with Gasteiger partial charge in [-0.05, 0) is 13.8 Å². The number of nitrogens with two attached hydrogens (primary N) is 1. The summed E-state index contributed by atoms with van der Waals surface area (Å²) in [5.74, 6) is 1.37. The fourth-order valence-corrected chi connectivity index (χ4v) is 2.38. The van der Waals surface area contributed by atoms with E-state index in [1.165, 1.54) is 0 Å². The molecular weight excluding hydrogens is 226 g/mol. The highest BCUT2D eigenvalue weighted by molar-refractivity contribution is 7.99. The monoisotopic (exact) mass is 245 g/mol. The van der Waals surface area contributed by atoms with E-state index in [2.05, 4.69) is 10.6 Å². The standard InChI is InChI=1S/C10H19N3O2S/c1-10(2,9(11)15)13-8(14)5-7-6-16-4-3-12-7/h7,12H,3-6H2,1-2H3,(H2,11,15)(H,13,14). The van der Waals surface area contributed by atoms with Gasteiger partial charge in [0, 0.05) is 30.5 Å². The van der Waals surface area contributed by atoms with Crippen LogP contribution in [-0.4, -0.2) is 41.4 Å². The van der Waals surface area contributed by atoms with E-state index < -0.39 is 11.4 Å². The molecule has 1 heterocycles. The van der Waals surface area contributed by atoms with Gasteiger partial charge in [-0.3, -0.25) is 9.59 Å². The number of amides is 2. The minimum Gasteiger partial charge on any atom is -0.368 e. The second kappa shape index (κ2) is 5.54. The van der Waals surface area contributed by atoms with Crippen molar-refractivity contribution in [2.24, 2.45) is 5.73 Å². The molecule has 1 aliphatic heterocycles. The zero-order valence-electron chi connectivity index (χ0n) is 9.71. The minimum absolute atomic E-state index is 0.135. The van der Waals surface area contributed by atoms with Gasteiger partial charge in [-0.2, -0.15) is 11.8 Å². The summed E-state index contributed by atoms with van der Waals surface area (Å²) in [5.41, 5.74) is 4.20. The highest BCUT2D eigenvalue weighted by Gasteiger charge is 2.28. The number of hydrogen-bond acceptors (Lipinski definition) is 4. The third-order valence-corrected chi connectivity index (χ3v) is 3.63. The van der Waals surface area contributed by atoms with Crippen LogP contribution in [-0.2, 0) is 9.59 Å². The summed E-state index contributed by atoms with van der Waals surface area (Å²) in [6, 6.07) is 0.197. The third-order valence-electron chi connectivity index (χ3n) is 2.50. The van der Waals surface area contributed by atoms with E-state index in [4.69, 9.17) is 5.73 Å². The molecule has 0 spiro atoms. The van der Waals surface area contributed by atoms with E-state index in [0.717, 1.165) is 18.1 Å². The van der Waals surface area contributed by atoms with Crippen molar-refractivity contribution in [2.45, 2.75) is 31.8 Å². The second-order valence-electron chi connectivity index (χ2n) is 4.47. The predicted molar refractivity (Wildman–Crippen MR) is 65.1 cm³/mol. The predicted octanol–water partition coefficient (Wildman–Crippen LogP) is -0.538. The van der Waals surface area contributed by atoms with E-state index in [0.29, 0.717) is 6.42 Å². The summed E-state index contributed by atoms with van der Waals surface area (Å²) in [7, 11) is 0. The van der Waals surface area contributed by atoms with Gasteiger partial charge in [0.25, 0.3) is 0 Å². The number of carbonyl (C=O) groups excluding carboxylic acids is 2. The van der Waals surface area contributed by atoms with Crippen molar-refractivity contribution >= 4 is 23.6 Å². The maximum absolute atomic E-state index is 11.7. The molecule has 0 radical (unpaired) electrons. The number of hydrogen-bond donors (Lipinski definition) is 3. The highest BCUT2D eigenvalue weighted by Crippen LogP contribution is 2.11. The molecule has 6 heteroatoms. The van der Waals surface area contributed by atoms with E-state index >= 15 is 0 Å². The normalized spacial score (nSPS) is 21.5. The maximum Gasteiger partial charge on any atom is 0.242 e. The molecule has 1 aliphatic rings. The Morgan fingerprint density at radius 2 is 2.25 bits per heavy atom. The Bertz CT molecular complexity index is 275. The van der Waals surface area contributed by atoms with Crippen LogP contribution in [0.4, 0.5) is 0 Å². The lowest BCUT2D eigenvalue weighted by atomic mass is 10.0. The summed E-state index contributed by atoms with van der Waals surface area (Å²) in [6.07, 6.45) is 0.393. The molecule has 0 bridgehead atoms. The number of rotatable bonds is 4. The number of thioether (sulfide) groups is 1. The van der Waals surface area contributed by atoms with Gasteiger partial charge in [-0.15, -0.1) is 0 Å². The summed E-state index contributed by atoms with van der Waals surface area (Å²) < 4.78 is 0. The zero-order valence-corrected chi connectivity index (χ0v) is 10.5. The maximum atomic E-state index is 11.7. The van der Waals surface area contributed by atoms with Crippen molar-refractivity contribution in [2.75, 3.05) is 18.1 Å². The second-order valence-corrected chi connectivity index (χ2v) is 5.62. The lowest BCUT2D eigenvalue weighted by molar-refractivity contribution is -0.130. The average molecular weight is 245 g/mol. The van der Waals surface area contributed by atoms with Gasteiger partial charge in [0.1, 0.15) is 5.54 Å². The fraction of sp³-hybridized carbons (Fsp3) is 0.800. The van der Waals surface area contributed by atoms with Crippen LogP contribution >= 0.6 is 11.8 Å². The van der Waals surface area contributed by atoms with Crippen LogP contribution in [0.3, 0.4) is 0 Å². The molecule has 92 valence electrons. The Hall–Kier alpha value is -0.750. The van der Waals surface area contributed by atoms with Gasteiger partial charge in [0.15, 0.2) is 0 Å². The van der Waals surface area contributed by atoms with E-state index in [-0.39, 0.29) is 11.9 Å². The Labute approximate surface area is 99.9 Å². The van der Waals surface area contributed by atoms with Gasteiger partial charge in [0.2, 0.25) is 11.8 Å². The highest BCUT2D eigenvalue weighted by atomic mass is 32.2. The van der Waals surface area contributed by atoms with Crippen LogP contribution in [0.15, 0.2) is 0 Å². The van der Waals surface area contributed by atoms with E-state index in [9.17, 15) is 9.59 Å². The smallest absolute Gasteiger partial charge is 0.242 e. The van der Waals surface area contributed by atoms with Gasteiger partial charge in [-0.25, -0.2) is 0 Å². The van der Waals surface area contributed by atoms with Crippen molar-refractivity contribution < 1.29 is 9.59 Å². The van der Waals surface area contributed by atoms with Crippen molar-refractivity contribution in [1.29, 1.82) is 0 Å². The largest absolute Gasteiger partial charge is 0.368 e. The third kappa shape index (κ3) is 4.02. The molecule has 1 saturated heterocycles. The number of primary amides is 1. The molecule has 4 N–H and O–H groups in total. The number of carbonyl (C=O) groups is 2. The SMILES string of the molecule is CC(C)(NC(=O)CC1CSCCN1)C(N)=O. The summed E-state index contributed by atoms with van der Waals surface area (Å²) in [5, 5.41) is 5.91. The lowest BCUT2D eigenvalue weighted by Crippen LogP contribution is -2.54. The van der Waals surface area contributed by atoms with Gasteiger partial charge >= 0.3 is 0 Å². The van der Waals surface area contributed by atoms with E-state index in [1.807, 2.05) is 11.8 Å². The van der Waals surface area contributed by atoms with Crippen LogP contribution in [0.1, 0.15) is 20.3 Å². The van der Waals surface area contributed by atoms with Crippen LogP contribution in [0.5, 0.6) is 0 Å². The molecular formula is C10H19N3O2S. The van der Waals surface area contributed by atoms with Crippen molar-refractivity contribution in [3.63, 3.8) is 0 Å². The Kier molecular flexibility index (Phi) is 4.61. The molecule has 0 aromatic carbocycles. The van der Waals surface area contributed by atoms with Crippen molar-refractivity contribution in [3.05, 3.63) is 0 Å². The topological polar surface area (TPSA) is 84.2 Å². The molecule has 1 unspecified atom stereocenters. The van der Waals surface area contributed by atoms with Crippen LogP contribution in [0.25, 0.3) is 0 Å². The zero-order chi connectivity index (χ0) is 12.2. The molecule has 5 nitrogen and oxygen atoms in total. The molecule has 0 saturated carbocycles. The molecule has 1 atom stereocenters. The van der Waals surface area contributed by atoms with Crippen LogP contribution in [0, 0.1) is 0 Å². The van der Waals surface area contributed by atoms with Crippen LogP contribution in [0.2, 0.25) is 0 Å². The molecule has 0 aromatic rings. The van der Waals surface area contributed by atoms with Crippen molar-refractivity contribution in [3.8, 4) is 0 Å². The summed E-state index contributed by atoms with van der Waals surface area (Å²) in [4.78, 5) is 22.7. The Morgan fingerprint density at radius 3 is 2.75 bits per heavy atom. The molecule has 0 aliphatic carbocycles. The Balaban J connectivity index is 2.37. The minimum atomic E-state index is -0.973. The number of nitrogens with one attached hydrogen (secondary N) is 2.